The third kappa shape index (κ3) is 2.57. The van der Waals surface area contributed by atoms with Gasteiger partial charge in [-0.25, -0.2) is 0 Å². The third-order valence-electron chi connectivity index (χ3n) is 3.35. The molecule has 2 aliphatic rings. The van der Waals surface area contributed by atoms with E-state index in [0.29, 0.717) is 0 Å². The van der Waals surface area contributed by atoms with E-state index >= 15 is 0 Å². The minimum atomic E-state index is 0.836. The smallest absolute Gasteiger partial charge is 0.0164 e. The van der Waals surface area contributed by atoms with Gasteiger partial charge >= 0.3 is 0 Å². The number of hydrogen-bond acceptors (Lipinski definition) is 1. The van der Waals surface area contributed by atoms with Crippen molar-refractivity contribution in [2.75, 3.05) is 6.54 Å². The van der Waals surface area contributed by atoms with Gasteiger partial charge in [-0.2, -0.15) is 0 Å². The highest BCUT2D eigenvalue weighted by molar-refractivity contribution is 5.01. The predicted molar refractivity (Wildman–Crippen MR) is 56.7 cm³/mol. The summed E-state index contributed by atoms with van der Waals surface area (Å²) < 4.78 is 0. The van der Waals surface area contributed by atoms with Gasteiger partial charge in [0.2, 0.25) is 0 Å². The molecule has 2 fully saturated rings. The molecule has 0 saturated heterocycles. The van der Waals surface area contributed by atoms with Crippen LogP contribution in [0.25, 0.3) is 0 Å². The molecule has 0 spiro atoms. The van der Waals surface area contributed by atoms with Crippen molar-refractivity contribution in [1.29, 1.82) is 0 Å². The first kappa shape index (κ1) is 9.26. The van der Waals surface area contributed by atoms with E-state index < -0.39 is 0 Å². The molecule has 0 heterocycles. The molecular formula is C12H21N. The summed E-state index contributed by atoms with van der Waals surface area (Å²) in [7, 11) is 0. The molecule has 0 aromatic heterocycles. The van der Waals surface area contributed by atoms with Gasteiger partial charge in [-0.05, 0) is 43.9 Å². The Morgan fingerprint density at radius 2 is 1.85 bits per heavy atom. The highest BCUT2D eigenvalue weighted by atomic mass is 14.9. The second-order valence-electron chi connectivity index (χ2n) is 4.69. The maximum atomic E-state index is 4.04. The van der Waals surface area contributed by atoms with Gasteiger partial charge in [-0.3, -0.25) is 0 Å². The summed E-state index contributed by atoms with van der Waals surface area (Å²) in [5.74, 6) is 2.02. The average molecular weight is 179 g/mol. The van der Waals surface area contributed by atoms with Crippen LogP contribution in [0.4, 0.5) is 0 Å². The molecule has 1 nitrogen and oxygen atoms in total. The van der Waals surface area contributed by atoms with E-state index in [0.717, 1.165) is 30.8 Å². The Morgan fingerprint density at radius 3 is 2.23 bits per heavy atom. The Kier molecular flexibility index (Phi) is 2.73. The first-order valence-electron chi connectivity index (χ1n) is 5.71. The van der Waals surface area contributed by atoms with Crippen molar-refractivity contribution in [1.82, 2.24) is 5.32 Å². The van der Waals surface area contributed by atoms with Crippen molar-refractivity contribution in [2.24, 2.45) is 11.8 Å². The number of rotatable bonds is 6. The molecule has 0 aromatic carbocycles. The van der Waals surface area contributed by atoms with Crippen molar-refractivity contribution in [3.05, 3.63) is 12.2 Å². The topological polar surface area (TPSA) is 12.0 Å². The second kappa shape index (κ2) is 3.83. The summed E-state index contributed by atoms with van der Waals surface area (Å²) in [6.45, 7) is 7.28. The van der Waals surface area contributed by atoms with E-state index in [2.05, 4.69) is 18.8 Å². The fourth-order valence-electron chi connectivity index (χ4n) is 2.02. The van der Waals surface area contributed by atoms with Gasteiger partial charge in [-0.15, -0.1) is 0 Å². The first-order valence-corrected chi connectivity index (χ1v) is 5.71. The fraction of sp³-hybridized carbons (Fsp3) is 0.833. The van der Waals surface area contributed by atoms with Crippen LogP contribution in [0.3, 0.4) is 0 Å². The van der Waals surface area contributed by atoms with Gasteiger partial charge in [0.25, 0.3) is 0 Å². The lowest BCUT2D eigenvalue weighted by Crippen LogP contribution is -2.34. The summed E-state index contributed by atoms with van der Waals surface area (Å²) in [6, 6.07) is 0.836. The van der Waals surface area contributed by atoms with Crippen LogP contribution < -0.4 is 5.32 Å². The first-order chi connectivity index (χ1) is 6.31. The van der Waals surface area contributed by atoms with E-state index in [4.69, 9.17) is 0 Å². The van der Waals surface area contributed by atoms with Crippen LogP contribution >= 0.6 is 0 Å². The molecule has 0 radical (unpaired) electrons. The molecule has 0 bridgehead atoms. The van der Waals surface area contributed by atoms with Gasteiger partial charge in [0.05, 0.1) is 0 Å². The average Bonchev–Trinajstić information content (AvgIpc) is 2.98. The highest BCUT2D eigenvalue weighted by Gasteiger charge is 2.40. The van der Waals surface area contributed by atoms with Gasteiger partial charge < -0.3 is 5.32 Å². The van der Waals surface area contributed by atoms with Crippen LogP contribution in [-0.2, 0) is 0 Å². The highest BCUT2D eigenvalue weighted by Crippen LogP contribution is 2.44. The lowest BCUT2D eigenvalue weighted by atomic mass is 10.1. The molecule has 0 amide bonds. The van der Waals surface area contributed by atoms with E-state index in [1.165, 1.54) is 31.3 Å². The molecule has 2 saturated carbocycles. The lowest BCUT2D eigenvalue weighted by Gasteiger charge is -2.18. The Bertz CT molecular complexity index is 177. The van der Waals surface area contributed by atoms with Crippen LogP contribution in [0.15, 0.2) is 12.2 Å². The molecule has 2 rings (SSSR count). The molecule has 0 aliphatic heterocycles. The Labute approximate surface area is 81.6 Å². The van der Waals surface area contributed by atoms with E-state index in [1.807, 2.05) is 0 Å². The Morgan fingerprint density at radius 1 is 1.31 bits per heavy atom. The normalized spacial score (nSPS) is 22.3. The van der Waals surface area contributed by atoms with Gasteiger partial charge in [0.1, 0.15) is 0 Å². The second-order valence-corrected chi connectivity index (χ2v) is 4.69. The molecular weight excluding hydrogens is 158 g/mol. The van der Waals surface area contributed by atoms with Crippen LogP contribution in [-0.4, -0.2) is 12.6 Å². The van der Waals surface area contributed by atoms with Crippen molar-refractivity contribution in [2.45, 2.75) is 45.1 Å². The standard InChI is InChI=1S/C12H21N/c1-3-9(2)8-13-12(10-4-5-10)11-6-7-11/h10-13H,2-8H2,1H3. The van der Waals surface area contributed by atoms with Gasteiger partial charge in [0, 0.05) is 12.6 Å². The van der Waals surface area contributed by atoms with Crippen molar-refractivity contribution >= 4 is 0 Å². The van der Waals surface area contributed by atoms with Gasteiger partial charge in [-0.1, -0.05) is 19.1 Å². The molecule has 0 atom stereocenters. The number of hydrogen-bond donors (Lipinski definition) is 1. The molecule has 74 valence electrons. The summed E-state index contributed by atoms with van der Waals surface area (Å²) in [6.07, 6.45) is 6.98. The van der Waals surface area contributed by atoms with Gasteiger partial charge in [0.15, 0.2) is 0 Å². The minimum absolute atomic E-state index is 0.836. The fourth-order valence-corrected chi connectivity index (χ4v) is 2.02. The summed E-state index contributed by atoms with van der Waals surface area (Å²) >= 11 is 0. The van der Waals surface area contributed by atoms with E-state index in [9.17, 15) is 0 Å². The maximum Gasteiger partial charge on any atom is 0.0164 e. The monoisotopic (exact) mass is 179 g/mol. The van der Waals surface area contributed by atoms with Crippen LogP contribution in [0.2, 0.25) is 0 Å². The maximum absolute atomic E-state index is 4.04. The molecule has 1 heteroatoms. The van der Waals surface area contributed by atoms with Crippen LogP contribution in [0, 0.1) is 11.8 Å². The quantitative estimate of drug-likeness (QED) is 0.618. The summed E-state index contributed by atoms with van der Waals surface area (Å²) in [5.41, 5.74) is 1.35. The van der Waals surface area contributed by atoms with E-state index in [-0.39, 0.29) is 0 Å². The molecule has 13 heavy (non-hydrogen) atoms. The zero-order valence-corrected chi connectivity index (χ0v) is 8.68. The zero-order chi connectivity index (χ0) is 9.26. The van der Waals surface area contributed by atoms with E-state index in [1.54, 1.807) is 0 Å². The Balaban J connectivity index is 1.73. The van der Waals surface area contributed by atoms with Crippen molar-refractivity contribution in [3.8, 4) is 0 Å². The lowest BCUT2D eigenvalue weighted by molar-refractivity contribution is 0.430. The minimum Gasteiger partial charge on any atom is -0.310 e. The zero-order valence-electron chi connectivity index (χ0n) is 8.68. The summed E-state index contributed by atoms with van der Waals surface area (Å²) in [4.78, 5) is 0. The molecule has 1 N–H and O–H groups in total. The third-order valence-corrected chi connectivity index (χ3v) is 3.35. The Hall–Kier alpha value is -0.300. The van der Waals surface area contributed by atoms with Crippen LogP contribution in [0.1, 0.15) is 39.0 Å². The molecule has 0 aromatic rings. The van der Waals surface area contributed by atoms with Crippen molar-refractivity contribution in [3.63, 3.8) is 0 Å². The van der Waals surface area contributed by atoms with Crippen molar-refractivity contribution < 1.29 is 0 Å². The van der Waals surface area contributed by atoms with Crippen LogP contribution in [0.5, 0.6) is 0 Å². The SMILES string of the molecule is C=C(CC)CNC(C1CC1)C1CC1. The summed E-state index contributed by atoms with van der Waals surface area (Å²) in [5, 5.41) is 3.69. The molecule has 0 unspecified atom stereocenters. The predicted octanol–water partition coefficient (Wildman–Crippen LogP) is 2.73. The largest absolute Gasteiger partial charge is 0.310 e. The number of nitrogens with one attached hydrogen (secondary N) is 1. The molecule has 2 aliphatic carbocycles.